The second-order valence-electron chi connectivity index (χ2n) is 5.33. The Balaban J connectivity index is 2.08. The molecule has 2 rings (SSSR count). The van der Waals surface area contributed by atoms with Gasteiger partial charge in [-0.3, -0.25) is 14.9 Å². The number of methoxy groups -OCH3 is 3. The van der Waals surface area contributed by atoms with Gasteiger partial charge in [-0.05, 0) is 24.3 Å². The first kappa shape index (κ1) is 20.5. The zero-order valence-electron chi connectivity index (χ0n) is 15.4. The summed E-state index contributed by atoms with van der Waals surface area (Å²) < 4.78 is 20.2. The van der Waals surface area contributed by atoms with Crippen LogP contribution in [-0.4, -0.2) is 44.7 Å². The van der Waals surface area contributed by atoms with Crippen molar-refractivity contribution >= 4 is 23.3 Å². The van der Waals surface area contributed by atoms with Gasteiger partial charge in [-0.15, -0.1) is 0 Å². The van der Waals surface area contributed by atoms with Gasteiger partial charge in [0.1, 0.15) is 22.8 Å². The Hall–Kier alpha value is -3.82. The molecule has 0 aromatic heterocycles. The van der Waals surface area contributed by atoms with Crippen molar-refractivity contribution < 1.29 is 33.5 Å². The summed E-state index contributed by atoms with van der Waals surface area (Å²) in [6.45, 7) is -0.620. The smallest absolute Gasteiger partial charge is 0.342 e. The quantitative estimate of drug-likeness (QED) is 0.414. The molecule has 0 radical (unpaired) electrons. The minimum atomic E-state index is -0.795. The zero-order valence-corrected chi connectivity index (χ0v) is 15.4. The topological polar surface area (TPSA) is 126 Å². The molecule has 0 aliphatic carbocycles. The molecule has 0 atom stereocenters. The third-order valence-electron chi connectivity index (χ3n) is 3.63. The first-order valence-electron chi connectivity index (χ1n) is 7.91. The zero-order chi connectivity index (χ0) is 20.7. The van der Waals surface area contributed by atoms with Crippen LogP contribution in [0.15, 0.2) is 36.4 Å². The Morgan fingerprint density at radius 3 is 2.29 bits per heavy atom. The number of nitro groups is 1. The van der Waals surface area contributed by atoms with Crippen LogP contribution in [0.1, 0.15) is 10.4 Å². The lowest BCUT2D eigenvalue weighted by molar-refractivity contribution is -0.384. The largest absolute Gasteiger partial charge is 0.497 e. The Morgan fingerprint density at radius 1 is 1.00 bits per heavy atom. The van der Waals surface area contributed by atoms with E-state index >= 15 is 0 Å². The van der Waals surface area contributed by atoms with Gasteiger partial charge >= 0.3 is 5.97 Å². The molecule has 148 valence electrons. The van der Waals surface area contributed by atoms with Gasteiger partial charge in [0.25, 0.3) is 11.6 Å². The van der Waals surface area contributed by atoms with Crippen LogP contribution in [0.2, 0.25) is 0 Å². The molecule has 0 spiro atoms. The predicted molar refractivity (Wildman–Crippen MR) is 98.1 cm³/mol. The third-order valence-corrected chi connectivity index (χ3v) is 3.63. The first-order chi connectivity index (χ1) is 13.4. The molecule has 1 amide bonds. The number of nitro benzene ring substituents is 1. The number of benzene rings is 2. The number of esters is 1. The number of non-ortho nitro benzene ring substituents is 1. The first-order valence-corrected chi connectivity index (χ1v) is 7.91. The second-order valence-corrected chi connectivity index (χ2v) is 5.33. The van der Waals surface area contributed by atoms with E-state index in [-0.39, 0.29) is 28.4 Å². The van der Waals surface area contributed by atoms with Crippen LogP contribution in [0, 0.1) is 10.1 Å². The maximum atomic E-state index is 12.3. The second kappa shape index (κ2) is 9.21. The van der Waals surface area contributed by atoms with Crippen molar-refractivity contribution in [1.29, 1.82) is 0 Å². The molecular weight excluding hydrogens is 372 g/mol. The number of nitrogens with one attached hydrogen (secondary N) is 1. The fourth-order valence-electron chi connectivity index (χ4n) is 2.28. The van der Waals surface area contributed by atoms with Crippen LogP contribution < -0.4 is 19.5 Å². The number of amides is 1. The summed E-state index contributed by atoms with van der Waals surface area (Å²) >= 11 is 0. The highest BCUT2D eigenvalue weighted by Crippen LogP contribution is 2.29. The van der Waals surface area contributed by atoms with E-state index in [1.54, 1.807) is 6.07 Å². The van der Waals surface area contributed by atoms with Crippen molar-refractivity contribution in [2.45, 2.75) is 0 Å². The fourth-order valence-corrected chi connectivity index (χ4v) is 2.28. The normalized spacial score (nSPS) is 9.96. The summed E-state index contributed by atoms with van der Waals surface area (Å²) in [7, 11) is 4.18. The number of ether oxygens (including phenoxy) is 4. The van der Waals surface area contributed by atoms with Gasteiger partial charge in [-0.2, -0.15) is 0 Å². The number of anilines is 1. The molecule has 0 aliphatic heterocycles. The van der Waals surface area contributed by atoms with Crippen molar-refractivity contribution in [2.24, 2.45) is 0 Å². The molecule has 10 nitrogen and oxygen atoms in total. The molecule has 0 saturated heterocycles. The highest BCUT2D eigenvalue weighted by Gasteiger charge is 2.18. The molecule has 0 saturated carbocycles. The summed E-state index contributed by atoms with van der Waals surface area (Å²) in [4.78, 5) is 34.6. The van der Waals surface area contributed by atoms with Crippen molar-refractivity contribution in [3.05, 3.63) is 52.1 Å². The number of hydrogen-bond donors (Lipinski definition) is 1. The van der Waals surface area contributed by atoms with Crippen molar-refractivity contribution in [2.75, 3.05) is 33.3 Å². The summed E-state index contributed by atoms with van der Waals surface area (Å²) in [5, 5.41) is 13.3. The standard InChI is InChI=1S/C18H18N2O8/c1-25-12-5-7-15(26-2)13(9-12)18(22)28-10-17(21)19-14-8-11(20(23)24)4-6-16(14)27-3/h4-9H,10H2,1-3H3,(H,19,21). The Bertz CT molecular complexity index is 897. The molecule has 2 aromatic rings. The predicted octanol–water partition coefficient (Wildman–Crippen LogP) is 2.42. The number of hydrogen-bond acceptors (Lipinski definition) is 8. The minimum Gasteiger partial charge on any atom is -0.497 e. The van der Waals surface area contributed by atoms with Gasteiger partial charge in [-0.25, -0.2) is 4.79 Å². The molecule has 0 unspecified atom stereocenters. The highest BCUT2D eigenvalue weighted by molar-refractivity contribution is 5.97. The summed E-state index contributed by atoms with van der Waals surface area (Å²) in [6.07, 6.45) is 0. The van der Waals surface area contributed by atoms with Crippen LogP contribution in [-0.2, 0) is 9.53 Å². The lowest BCUT2D eigenvalue weighted by Gasteiger charge is -2.12. The molecule has 0 aliphatic rings. The summed E-state index contributed by atoms with van der Waals surface area (Å²) in [6, 6.07) is 8.29. The van der Waals surface area contributed by atoms with Crippen LogP contribution >= 0.6 is 0 Å². The average molecular weight is 390 g/mol. The molecule has 0 fully saturated rings. The molecule has 28 heavy (non-hydrogen) atoms. The lowest BCUT2D eigenvalue weighted by Crippen LogP contribution is -2.21. The van der Waals surface area contributed by atoms with E-state index in [2.05, 4.69) is 5.32 Å². The van der Waals surface area contributed by atoms with Crippen LogP contribution in [0.4, 0.5) is 11.4 Å². The summed E-state index contributed by atoms with van der Waals surface area (Å²) in [5.74, 6) is -0.601. The fraction of sp³-hybridized carbons (Fsp3) is 0.222. The summed E-state index contributed by atoms with van der Waals surface area (Å²) in [5.41, 5.74) is -0.0616. The molecular formula is C18H18N2O8. The maximum absolute atomic E-state index is 12.3. The SMILES string of the molecule is COc1ccc(OC)c(C(=O)OCC(=O)Nc2cc([N+](=O)[O-])ccc2OC)c1. The molecule has 1 N–H and O–H groups in total. The van der Waals surface area contributed by atoms with E-state index < -0.39 is 23.4 Å². The molecule has 2 aromatic carbocycles. The lowest BCUT2D eigenvalue weighted by atomic mass is 10.2. The van der Waals surface area contributed by atoms with E-state index in [1.165, 1.54) is 45.6 Å². The molecule has 0 bridgehead atoms. The van der Waals surface area contributed by atoms with Crippen molar-refractivity contribution in [1.82, 2.24) is 0 Å². The number of rotatable bonds is 8. The van der Waals surface area contributed by atoms with Gasteiger partial charge in [0, 0.05) is 12.1 Å². The third kappa shape index (κ3) is 4.87. The molecule has 10 heteroatoms. The van der Waals surface area contributed by atoms with Gasteiger partial charge in [0.05, 0.1) is 31.9 Å². The van der Waals surface area contributed by atoms with Crippen molar-refractivity contribution in [3.8, 4) is 17.2 Å². The van der Waals surface area contributed by atoms with Crippen LogP contribution in [0.5, 0.6) is 17.2 Å². The Labute approximate surface area is 160 Å². The highest BCUT2D eigenvalue weighted by atomic mass is 16.6. The molecule has 0 heterocycles. The number of carbonyl (C=O) groups excluding carboxylic acids is 2. The van der Waals surface area contributed by atoms with Crippen LogP contribution in [0.3, 0.4) is 0 Å². The minimum absolute atomic E-state index is 0.0803. The average Bonchev–Trinajstić information content (AvgIpc) is 2.71. The van der Waals surface area contributed by atoms with Gasteiger partial charge in [0.2, 0.25) is 0 Å². The number of nitrogens with zero attached hydrogens (tertiary/aromatic N) is 1. The monoisotopic (exact) mass is 390 g/mol. The van der Waals surface area contributed by atoms with E-state index in [1.807, 2.05) is 0 Å². The van der Waals surface area contributed by atoms with Crippen LogP contribution in [0.25, 0.3) is 0 Å². The maximum Gasteiger partial charge on any atom is 0.342 e. The van der Waals surface area contributed by atoms with E-state index in [0.29, 0.717) is 5.75 Å². The van der Waals surface area contributed by atoms with E-state index in [4.69, 9.17) is 18.9 Å². The van der Waals surface area contributed by atoms with E-state index in [0.717, 1.165) is 6.07 Å². The van der Waals surface area contributed by atoms with Gasteiger partial charge in [0.15, 0.2) is 6.61 Å². The van der Waals surface area contributed by atoms with Crippen molar-refractivity contribution in [3.63, 3.8) is 0 Å². The number of carbonyl (C=O) groups is 2. The van der Waals surface area contributed by atoms with Gasteiger partial charge in [-0.1, -0.05) is 0 Å². The Kier molecular flexibility index (Phi) is 6.74. The Morgan fingerprint density at radius 2 is 1.68 bits per heavy atom. The van der Waals surface area contributed by atoms with Gasteiger partial charge < -0.3 is 24.3 Å². The van der Waals surface area contributed by atoms with E-state index in [9.17, 15) is 19.7 Å².